The average molecular weight is 370 g/mol. The van der Waals surface area contributed by atoms with Gasteiger partial charge in [0.25, 0.3) is 0 Å². The summed E-state index contributed by atoms with van der Waals surface area (Å²) in [5, 5.41) is 4.37. The van der Waals surface area contributed by atoms with Crippen molar-refractivity contribution < 1.29 is 4.79 Å². The lowest BCUT2D eigenvalue weighted by Crippen LogP contribution is -2.49. The Balaban J connectivity index is 1.49. The van der Waals surface area contributed by atoms with Crippen molar-refractivity contribution in [1.29, 1.82) is 0 Å². The van der Waals surface area contributed by atoms with Crippen LogP contribution < -0.4 is 4.90 Å². The third kappa shape index (κ3) is 4.69. The molecule has 3 rings (SSSR count). The molecule has 1 aromatic carbocycles. The van der Waals surface area contributed by atoms with E-state index in [2.05, 4.69) is 59.9 Å². The number of nitrogens with zero attached hydrogens (tertiary/aromatic N) is 5. The number of hydrogen-bond acceptors (Lipinski definition) is 4. The first-order valence-corrected chi connectivity index (χ1v) is 9.77. The normalized spacial score (nSPS) is 15.2. The van der Waals surface area contributed by atoms with Gasteiger partial charge in [0, 0.05) is 63.3 Å². The highest BCUT2D eigenvalue weighted by molar-refractivity contribution is 5.78. The van der Waals surface area contributed by atoms with E-state index in [0.29, 0.717) is 13.1 Å². The van der Waals surface area contributed by atoms with Crippen LogP contribution in [0, 0.1) is 13.8 Å². The van der Waals surface area contributed by atoms with E-state index in [1.807, 2.05) is 22.8 Å². The van der Waals surface area contributed by atoms with E-state index in [4.69, 9.17) is 0 Å². The van der Waals surface area contributed by atoms with Gasteiger partial charge in [-0.1, -0.05) is 12.1 Å². The zero-order valence-corrected chi connectivity index (χ0v) is 17.0. The minimum Gasteiger partial charge on any atom is -0.369 e. The summed E-state index contributed by atoms with van der Waals surface area (Å²) in [4.78, 5) is 19.1. The zero-order valence-electron chi connectivity index (χ0n) is 17.0. The first kappa shape index (κ1) is 19.4. The second-order valence-electron chi connectivity index (χ2n) is 7.42. The standard InChI is InChI=1S/C21H31N5O/c1-5-26-18(3)19(14-22-26)15-23(4)21(27)16-24-9-11-25(12-10-24)20-8-6-7-17(2)13-20/h6-8,13-14H,5,9-12,15-16H2,1-4H3. The van der Waals surface area contributed by atoms with Crippen LogP contribution in [0.5, 0.6) is 0 Å². The van der Waals surface area contributed by atoms with Crippen LogP contribution in [0.1, 0.15) is 23.7 Å². The molecule has 1 fully saturated rings. The molecule has 2 aromatic rings. The molecule has 6 nitrogen and oxygen atoms in total. The molecule has 2 heterocycles. The van der Waals surface area contributed by atoms with Crippen molar-refractivity contribution in [2.45, 2.75) is 33.9 Å². The first-order chi connectivity index (χ1) is 13.0. The Bertz CT molecular complexity index is 777. The van der Waals surface area contributed by atoms with Gasteiger partial charge < -0.3 is 9.80 Å². The van der Waals surface area contributed by atoms with Gasteiger partial charge >= 0.3 is 0 Å². The highest BCUT2D eigenvalue weighted by Gasteiger charge is 2.21. The van der Waals surface area contributed by atoms with Crippen LogP contribution in [-0.4, -0.2) is 65.3 Å². The van der Waals surface area contributed by atoms with Crippen molar-refractivity contribution >= 4 is 11.6 Å². The maximum Gasteiger partial charge on any atom is 0.236 e. The Morgan fingerprint density at radius 2 is 1.93 bits per heavy atom. The molecule has 6 heteroatoms. The van der Waals surface area contributed by atoms with Crippen molar-refractivity contribution in [2.75, 3.05) is 44.7 Å². The molecule has 0 unspecified atom stereocenters. The van der Waals surface area contributed by atoms with Gasteiger partial charge in [0.2, 0.25) is 5.91 Å². The molecule has 27 heavy (non-hydrogen) atoms. The number of likely N-dealkylation sites (N-methyl/N-ethyl adjacent to an activating group) is 1. The molecule has 0 spiro atoms. The SMILES string of the molecule is CCn1ncc(CN(C)C(=O)CN2CCN(c3cccc(C)c3)CC2)c1C. The van der Waals surface area contributed by atoms with Crippen LogP contribution in [0.4, 0.5) is 5.69 Å². The minimum atomic E-state index is 0.169. The van der Waals surface area contributed by atoms with Gasteiger partial charge in [-0.25, -0.2) is 0 Å². The molecule has 0 radical (unpaired) electrons. The number of amides is 1. The minimum absolute atomic E-state index is 0.169. The summed E-state index contributed by atoms with van der Waals surface area (Å²) in [5.74, 6) is 0.169. The Hall–Kier alpha value is -2.34. The number of benzene rings is 1. The molecule has 146 valence electrons. The average Bonchev–Trinajstić information content (AvgIpc) is 3.02. The molecular formula is C21H31N5O. The monoisotopic (exact) mass is 369 g/mol. The van der Waals surface area contributed by atoms with Crippen LogP contribution in [-0.2, 0) is 17.9 Å². The van der Waals surface area contributed by atoms with Crippen molar-refractivity contribution in [3.8, 4) is 0 Å². The molecule has 0 aliphatic carbocycles. The number of anilines is 1. The second-order valence-corrected chi connectivity index (χ2v) is 7.42. The predicted molar refractivity (Wildman–Crippen MR) is 109 cm³/mol. The third-order valence-corrected chi connectivity index (χ3v) is 5.44. The van der Waals surface area contributed by atoms with Crippen LogP contribution in [0.3, 0.4) is 0 Å². The fourth-order valence-electron chi connectivity index (χ4n) is 3.60. The summed E-state index contributed by atoms with van der Waals surface area (Å²) in [6.07, 6.45) is 1.88. The largest absolute Gasteiger partial charge is 0.369 e. The Labute approximate surface area is 162 Å². The summed E-state index contributed by atoms with van der Waals surface area (Å²) in [7, 11) is 1.88. The van der Waals surface area contributed by atoms with Crippen LogP contribution in [0.25, 0.3) is 0 Å². The van der Waals surface area contributed by atoms with Crippen LogP contribution in [0.15, 0.2) is 30.5 Å². The molecule has 1 saturated heterocycles. The molecule has 0 saturated carbocycles. The maximum absolute atomic E-state index is 12.6. The van der Waals surface area contributed by atoms with E-state index in [-0.39, 0.29) is 5.91 Å². The van der Waals surface area contributed by atoms with Crippen molar-refractivity contribution in [3.05, 3.63) is 47.3 Å². The van der Waals surface area contributed by atoms with E-state index in [1.54, 1.807) is 0 Å². The fourth-order valence-corrected chi connectivity index (χ4v) is 3.60. The second kappa shape index (κ2) is 8.57. The summed E-state index contributed by atoms with van der Waals surface area (Å²) in [6, 6.07) is 8.63. The van der Waals surface area contributed by atoms with Crippen molar-refractivity contribution in [3.63, 3.8) is 0 Å². The quantitative estimate of drug-likeness (QED) is 0.784. The Kier molecular flexibility index (Phi) is 6.16. The van der Waals surface area contributed by atoms with Crippen LogP contribution in [0.2, 0.25) is 0 Å². The predicted octanol–water partition coefficient (Wildman–Crippen LogP) is 2.30. The molecule has 0 atom stereocenters. The smallest absolute Gasteiger partial charge is 0.236 e. The van der Waals surface area contributed by atoms with Crippen LogP contribution >= 0.6 is 0 Å². The topological polar surface area (TPSA) is 44.6 Å². The van der Waals surface area contributed by atoms with Crippen molar-refractivity contribution in [2.24, 2.45) is 0 Å². The Morgan fingerprint density at radius 3 is 2.56 bits per heavy atom. The highest BCUT2D eigenvalue weighted by atomic mass is 16.2. The maximum atomic E-state index is 12.6. The zero-order chi connectivity index (χ0) is 19.4. The van der Waals surface area contributed by atoms with Gasteiger partial charge in [-0.05, 0) is 38.5 Å². The molecule has 0 bridgehead atoms. The molecular weight excluding hydrogens is 338 g/mol. The number of piperazine rings is 1. The highest BCUT2D eigenvalue weighted by Crippen LogP contribution is 2.18. The van der Waals surface area contributed by atoms with E-state index in [0.717, 1.165) is 44.0 Å². The lowest BCUT2D eigenvalue weighted by atomic mass is 10.2. The van der Waals surface area contributed by atoms with Crippen molar-refractivity contribution in [1.82, 2.24) is 19.6 Å². The number of carbonyl (C=O) groups excluding carboxylic acids is 1. The number of aryl methyl sites for hydroxylation is 2. The van der Waals surface area contributed by atoms with E-state index < -0.39 is 0 Å². The summed E-state index contributed by atoms with van der Waals surface area (Å²) < 4.78 is 1.97. The number of rotatable bonds is 6. The van der Waals surface area contributed by atoms with Gasteiger partial charge in [-0.15, -0.1) is 0 Å². The molecule has 1 amide bonds. The molecule has 1 aliphatic rings. The first-order valence-electron chi connectivity index (χ1n) is 9.77. The number of aromatic nitrogens is 2. The van der Waals surface area contributed by atoms with Gasteiger partial charge in [-0.2, -0.15) is 5.10 Å². The molecule has 1 aliphatic heterocycles. The number of hydrogen-bond donors (Lipinski definition) is 0. The number of carbonyl (C=O) groups is 1. The van der Waals surface area contributed by atoms with Gasteiger partial charge in [0.05, 0.1) is 12.7 Å². The summed E-state index contributed by atoms with van der Waals surface area (Å²) >= 11 is 0. The molecule has 1 aromatic heterocycles. The van der Waals surface area contributed by atoms with E-state index in [1.165, 1.54) is 11.3 Å². The fraction of sp³-hybridized carbons (Fsp3) is 0.524. The van der Waals surface area contributed by atoms with E-state index >= 15 is 0 Å². The summed E-state index contributed by atoms with van der Waals surface area (Å²) in [5.41, 5.74) is 4.83. The van der Waals surface area contributed by atoms with Gasteiger partial charge in [0.15, 0.2) is 0 Å². The third-order valence-electron chi connectivity index (χ3n) is 5.44. The lowest BCUT2D eigenvalue weighted by molar-refractivity contribution is -0.131. The Morgan fingerprint density at radius 1 is 1.19 bits per heavy atom. The summed E-state index contributed by atoms with van der Waals surface area (Å²) in [6.45, 7) is 12.0. The van der Waals surface area contributed by atoms with Gasteiger partial charge in [0.1, 0.15) is 0 Å². The van der Waals surface area contributed by atoms with Gasteiger partial charge in [-0.3, -0.25) is 14.4 Å². The lowest BCUT2D eigenvalue weighted by Gasteiger charge is -2.36. The molecule has 0 N–H and O–H groups in total. The van der Waals surface area contributed by atoms with E-state index in [9.17, 15) is 4.79 Å².